The van der Waals surface area contributed by atoms with E-state index in [-0.39, 0.29) is 41.5 Å². The van der Waals surface area contributed by atoms with Gasteiger partial charge in [0.2, 0.25) is 0 Å². The molecule has 15 heteroatoms. The van der Waals surface area contributed by atoms with Gasteiger partial charge in [-0.05, 0) is 79.4 Å². The van der Waals surface area contributed by atoms with Crippen molar-refractivity contribution in [3.8, 4) is 34.5 Å². The van der Waals surface area contributed by atoms with Gasteiger partial charge in [0.25, 0.3) is 0 Å². The first-order chi connectivity index (χ1) is 34.8. The van der Waals surface area contributed by atoms with Crippen LogP contribution in [0.5, 0.6) is 11.8 Å². The van der Waals surface area contributed by atoms with Crippen molar-refractivity contribution >= 4 is 41.7 Å². The number of halogens is 2. The number of pyridine rings is 1. The number of carbonyl (C=O) groups excluding carboxylic acids is 1. The first-order valence-corrected chi connectivity index (χ1v) is 28.3. The molecule has 73 heavy (non-hydrogen) atoms. The molecule has 0 spiro atoms. The van der Waals surface area contributed by atoms with E-state index in [4.69, 9.17) is 33.9 Å². The van der Waals surface area contributed by atoms with Crippen LogP contribution in [0.3, 0.4) is 0 Å². The number of piperazine rings is 2. The molecule has 5 aromatic rings. The van der Waals surface area contributed by atoms with E-state index >= 15 is 8.78 Å². The lowest BCUT2D eigenvalue weighted by molar-refractivity contribution is 0.00221. The van der Waals surface area contributed by atoms with Crippen LogP contribution in [0.2, 0.25) is 16.6 Å². The number of benzene rings is 3. The normalized spacial score (nSPS) is 19.2. The van der Waals surface area contributed by atoms with Crippen LogP contribution in [-0.2, 0) is 16.0 Å². The van der Waals surface area contributed by atoms with Gasteiger partial charge in [0.05, 0.1) is 29.1 Å². The first-order valence-electron chi connectivity index (χ1n) is 26.1. The molecule has 0 radical (unpaired) electrons. The number of amides is 1. The highest BCUT2D eigenvalue weighted by molar-refractivity contribution is 6.90. The number of fused-ring (bicyclic) bond motifs is 4. The minimum atomic E-state index is -2.34. The summed E-state index contributed by atoms with van der Waals surface area (Å²) < 4.78 is 58.3. The highest BCUT2D eigenvalue weighted by Gasteiger charge is 2.54. The highest BCUT2D eigenvalue weighted by Crippen LogP contribution is 2.45. The van der Waals surface area contributed by atoms with E-state index in [0.717, 1.165) is 39.3 Å². The molecular formula is C58H75F2N7O5Si. The van der Waals surface area contributed by atoms with E-state index in [2.05, 4.69) is 105 Å². The Morgan fingerprint density at radius 3 is 2.30 bits per heavy atom. The van der Waals surface area contributed by atoms with Crippen molar-refractivity contribution in [2.45, 2.75) is 122 Å². The van der Waals surface area contributed by atoms with E-state index in [1.165, 1.54) is 18.7 Å². The molecule has 0 aliphatic carbocycles. The van der Waals surface area contributed by atoms with Gasteiger partial charge >= 0.3 is 12.1 Å². The summed E-state index contributed by atoms with van der Waals surface area (Å²) in [4.78, 5) is 37.4. The van der Waals surface area contributed by atoms with E-state index < -0.39 is 36.9 Å². The molecule has 1 amide bonds. The van der Waals surface area contributed by atoms with Crippen molar-refractivity contribution in [2.24, 2.45) is 5.92 Å². The Bertz CT molecular complexity index is 2840. The summed E-state index contributed by atoms with van der Waals surface area (Å²) in [6.07, 6.45) is 4.40. The molecular weight excluding hydrogens is 941 g/mol. The molecule has 2 bridgehead atoms. The molecule has 0 N–H and O–H groups in total. The molecule has 3 atom stereocenters. The lowest BCUT2D eigenvalue weighted by Crippen LogP contribution is -2.63. The van der Waals surface area contributed by atoms with Crippen LogP contribution in [0.15, 0.2) is 73.4 Å². The van der Waals surface area contributed by atoms with Crippen molar-refractivity contribution in [1.82, 2.24) is 29.7 Å². The molecule has 2 unspecified atom stereocenters. The number of hydrogen-bond donors (Lipinski definition) is 0. The summed E-state index contributed by atoms with van der Waals surface area (Å²) in [5.74, 6) is 3.04. The average Bonchev–Trinajstić information content (AvgIpc) is 3.59. The number of aromatic nitrogens is 3. The van der Waals surface area contributed by atoms with Gasteiger partial charge in [-0.25, -0.2) is 13.6 Å². The van der Waals surface area contributed by atoms with Gasteiger partial charge in [0, 0.05) is 82.5 Å². The minimum Gasteiger partial charge on any atom is -0.468 e. The summed E-state index contributed by atoms with van der Waals surface area (Å²) in [6, 6.07) is 16.9. The SMILES string of the molecule is C=CC12CCC(CN(c3nc(OC[C@H](C)CN4CCN(Cc5ccccc5)CC4)nc4c(F)c(-c5cc(OCOC)cc6ccc(F)c(C#C[Si](C(C)C)(C(C)C)C(C)C)c56)ncc34)C1)N2C(=O)OC(C)(C)C. The van der Waals surface area contributed by atoms with Crippen LogP contribution in [-0.4, -0.2) is 127 Å². The Balaban J connectivity index is 1.20. The van der Waals surface area contributed by atoms with Crippen LogP contribution in [0.25, 0.3) is 32.9 Å². The molecule has 3 aliphatic heterocycles. The molecule has 8 rings (SSSR count). The Labute approximate surface area is 432 Å². The number of hydrogen-bond acceptors (Lipinski definition) is 11. The molecule has 5 heterocycles. The molecule has 12 nitrogen and oxygen atoms in total. The molecule has 0 saturated carbocycles. The summed E-state index contributed by atoms with van der Waals surface area (Å²) in [5, 5.41) is 1.39. The number of nitrogens with zero attached hydrogens (tertiary/aromatic N) is 7. The van der Waals surface area contributed by atoms with Gasteiger partial charge in [-0.15, -0.1) is 12.1 Å². The summed E-state index contributed by atoms with van der Waals surface area (Å²) in [7, 11) is -0.813. The first kappa shape index (κ1) is 53.6. The predicted molar refractivity (Wildman–Crippen MR) is 290 cm³/mol. The van der Waals surface area contributed by atoms with E-state index in [1.54, 1.807) is 24.4 Å². The van der Waals surface area contributed by atoms with Crippen molar-refractivity contribution in [2.75, 3.05) is 71.2 Å². The zero-order valence-corrected chi connectivity index (χ0v) is 45.9. The third-order valence-electron chi connectivity index (χ3n) is 15.3. The molecule has 3 aromatic carbocycles. The number of anilines is 1. The Hall–Kier alpha value is -5.66. The van der Waals surface area contributed by atoms with Crippen LogP contribution in [0.1, 0.15) is 93.2 Å². The van der Waals surface area contributed by atoms with Crippen LogP contribution >= 0.6 is 0 Å². The summed E-state index contributed by atoms with van der Waals surface area (Å²) >= 11 is 0. The lowest BCUT2D eigenvalue weighted by atomic mass is 9.94. The van der Waals surface area contributed by atoms with Crippen LogP contribution in [0.4, 0.5) is 19.4 Å². The second kappa shape index (κ2) is 22.0. The van der Waals surface area contributed by atoms with Gasteiger partial charge in [-0.2, -0.15) is 9.97 Å². The number of rotatable bonds is 16. The van der Waals surface area contributed by atoms with E-state index in [1.807, 2.05) is 37.8 Å². The molecule has 3 aliphatic rings. The average molecular weight is 1020 g/mol. The van der Waals surface area contributed by atoms with Crippen LogP contribution < -0.4 is 14.4 Å². The fourth-order valence-electron chi connectivity index (χ4n) is 11.8. The standard InChI is InChI=1S/C58H75F2N7O5Si/c1-13-58-23-21-44(67(58)56(68)72-57(9,10)11)34-66(36-58)54-48-31-61-52(51(60)53(48)62-55(63-54)70-35-41(8)32-64-24-26-65(27-25-64)33-42-17-15-14-16-18-42)47-30-45(71-37-69-12)29-43-19-20-49(59)46(50(43)47)22-28-73(38(2)3,39(4)5)40(6)7/h13-20,29-31,38-41,44H,1,21,23-27,32-37H2,2-12H3/t41-,44?,58?/m1/s1. The zero-order valence-electron chi connectivity index (χ0n) is 44.9. The van der Waals surface area contributed by atoms with Gasteiger partial charge in [-0.1, -0.05) is 96.9 Å². The maximum absolute atomic E-state index is 18.1. The number of ether oxygens (including phenoxy) is 4. The van der Waals surface area contributed by atoms with E-state index in [0.29, 0.717) is 82.5 Å². The fraction of sp³-hybridized carbons (Fsp3) is 0.517. The second-order valence-electron chi connectivity index (χ2n) is 22.4. The van der Waals surface area contributed by atoms with Crippen LogP contribution in [0, 0.1) is 29.0 Å². The quantitative estimate of drug-likeness (QED) is 0.0408. The third-order valence-corrected chi connectivity index (χ3v) is 21.5. The van der Waals surface area contributed by atoms with Gasteiger partial charge in [0.1, 0.15) is 42.3 Å². The third kappa shape index (κ3) is 11.2. The summed E-state index contributed by atoms with van der Waals surface area (Å²) in [6.45, 7) is 31.7. The monoisotopic (exact) mass is 1020 g/mol. The topological polar surface area (TPSA) is 106 Å². The number of carbonyl (C=O) groups is 1. The highest BCUT2D eigenvalue weighted by atomic mass is 28.3. The molecule has 2 aromatic heterocycles. The molecule has 3 fully saturated rings. The Kier molecular flexibility index (Phi) is 16.2. The smallest absolute Gasteiger partial charge is 0.411 e. The fourth-order valence-corrected chi connectivity index (χ4v) is 17.0. The van der Waals surface area contributed by atoms with Gasteiger partial charge < -0.3 is 28.7 Å². The predicted octanol–water partition coefficient (Wildman–Crippen LogP) is 11.7. The summed E-state index contributed by atoms with van der Waals surface area (Å²) in [5.41, 5.74) is 4.87. The Morgan fingerprint density at radius 1 is 0.945 bits per heavy atom. The minimum absolute atomic E-state index is 0.00647. The van der Waals surface area contributed by atoms with Crippen molar-refractivity contribution in [3.63, 3.8) is 0 Å². The van der Waals surface area contributed by atoms with Gasteiger partial charge in [-0.3, -0.25) is 14.8 Å². The van der Waals surface area contributed by atoms with Crippen molar-refractivity contribution < 1.29 is 32.5 Å². The maximum atomic E-state index is 18.1. The van der Waals surface area contributed by atoms with Crippen molar-refractivity contribution in [3.05, 3.63) is 96.2 Å². The van der Waals surface area contributed by atoms with Gasteiger partial charge in [0.15, 0.2) is 12.6 Å². The number of methoxy groups -OCH3 is 1. The maximum Gasteiger partial charge on any atom is 0.411 e. The zero-order chi connectivity index (χ0) is 52.4. The second-order valence-corrected chi connectivity index (χ2v) is 28.0. The molecule has 3 saturated heterocycles. The van der Waals surface area contributed by atoms with Crippen molar-refractivity contribution in [1.29, 1.82) is 0 Å². The lowest BCUT2D eigenvalue weighted by Gasteiger charge is -2.48. The molecule has 390 valence electrons. The largest absolute Gasteiger partial charge is 0.468 e. The Morgan fingerprint density at radius 2 is 1.64 bits per heavy atom. The van der Waals surface area contributed by atoms with E-state index in [9.17, 15) is 4.79 Å².